The van der Waals surface area contributed by atoms with Crippen LogP contribution in [0.25, 0.3) is 21.3 Å². The Bertz CT molecular complexity index is 1000. The largest absolute Gasteiger partial charge is 0.351 e. The van der Waals surface area contributed by atoms with Crippen molar-refractivity contribution < 1.29 is 9.18 Å². The number of hydrogen-bond acceptors (Lipinski definition) is 5. The number of aromatic nitrogens is 2. The summed E-state index contributed by atoms with van der Waals surface area (Å²) in [6.07, 6.45) is 0. The van der Waals surface area contributed by atoms with Crippen LogP contribution in [0, 0.1) is 5.82 Å². The van der Waals surface area contributed by atoms with Gasteiger partial charge in [-0.2, -0.15) is 0 Å². The Labute approximate surface area is 158 Å². The van der Waals surface area contributed by atoms with E-state index in [2.05, 4.69) is 15.3 Å². The number of fused-ring (bicyclic) bond motifs is 1. The number of halogens is 1. The fraction of sp³-hybridized carbons (Fsp3) is 0.278. The third-order valence-corrected chi connectivity index (χ3v) is 5.18. The monoisotopic (exact) mass is 391 g/mol. The summed E-state index contributed by atoms with van der Waals surface area (Å²) in [6.45, 7) is 5.72. The molecule has 0 spiro atoms. The molecule has 0 radical (unpaired) electrons. The summed E-state index contributed by atoms with van der Waals surface area (Å²) in [5.41, 5.74) is 0.908. The Kier molecular flexibility index (Phi) is 5.15. The van der Waals surface area contributed by atoms with Gasteiger partial charge in [0.25, 0.3) is 5.56 Å². The Balaban J connectivity index is 1.85. The van der Waals surface area contributed by atoms with Gasteiger partial charge in [-0.05, 0) is 38.5 Å². The van der Waals surface area contributed by atoms with E-state index in [0.29, 0.717) is 15.4 Å². The zero-order valence-electron chi connectivity index (χ0n) is 14.6. The lowest BCUT2D eigenvalue weighted by Gasteiger charge is -2.20. The smallest absolute Gasteiger partial charge is 0.260 e. The molecule has 5 nitrogen and oxygen atoms in total. The molecule has 136 valence electrons. The molecule has 0 saturated heterocycles. The van der Waals surface area contributed by atoms with Gasteiger partial charge in [0.05, 0.1) is 11.1 Å². The highest BCUT2D eigenvalue weighted by Gasteiger charge is 2.16. The molecule has 0 aliphatic carbocycles. The molecule has 0 bridgehead atoms. The van der Waals surface area contributed by atoms with E-state index in [-0.39, 0.29) is 28.6 Å². The van der Waals surface area contributed by atoms with E-state index in [1.165, 1.54) is 35.2 Å². The average Bonchev–Trinajstić information content (AvgIpc) is 2.96. The minimum absolute atomic E-state index is 0.122. The molecular weight excluding hydrogens is 373 g/mol. The van der Waals surface area contributed by atoms with Gasteiger partial charge in [-0.3, -0.25) is 9.59 Å². The van der Waals surface area contributed by atoms with E-state index in [1.54, 1.807) is 12.1 Å². The molecule has 1 amide bonds. The molecular formula is C18H18FN3O2S2. The van der Waals surface area contributed by atoms with Crippen LogP contribution in [0.3, 0.4) is 0 Å². The Morgan fingerprint density at radius 3 is 2.65 bits per heavy atom. The van der Waals surface area contributed by atoms with Crippen molar-refractivity contribution in [3.63, 3.8) is 0 Å². The number of carbonyl (C=O) groups excluding carboxylic acids is 1. The summed E-state index contributed by atoms with van der Waals surface area (Å²) in [5.74, 6) is -0.280. The first-order valence-electron chi connectivity index (χ1n) is 7.94. The van der Waals surface area contributed by atoms with Crippen LogP contribution in [0.2, 0.25) is 0 Å². The number of amides is 1. The van der Waals surface area contributed by atoms with Gasteiger partial charge in [0.2, 0.25) is 5.91 Å². The normalized spacial score (nSPS) is 11.7. The van der Waals surface area contributed by atoms with Gasteiger partial charge in [-0.25, -0.2) is 9.37 Å². The molecule has 0 unspecified atom stereocenters. The van der Waals surface area contributed by atoms with Crippen molar-refractivity contribution in [3.8, 4) is 11.1 Å². The Hall–Kier alpha value is -2.19. The Morgan fingerprint density at radius 2 is 2.00 bits per heavy atom. The van der Waals surface area contributed by atoms with Crippen LogP contribution in [-0.4, -0.2) is 27.2 Å². The second-order valence-electron chi connectivity index (χ2n) is 6.79. The summed E-state index contributed by atoms with van der Waals surface area (Å²) in [5, 5.41) is 5.58. The molecule has 0 fully saturated rings. The van der Waals surface area contributed by atoms with Gasteiger partial charge < -0.3 is 10.3 Å². The second-order valence-corrected chi connectivity index (χ2v) is 8.62. The van der Waals surface area contributed by atoms with Crippen molar-refractivity contribution >= 4 is 39.2 Å². The van der Waals surface area contributed by atoms with E-state index in [1.807, 2.05) is 26.2 Å². The third-order valence-electron chi connectivity index (χ3n) is 3.43. The number of thiophene rings is 1. The maximum Gasteiger partial charge on any atom is 0.260 e. The first kappa shape index (κ1) is 18.6. The number of nitrogens with zero attached hydrogens (tertiary/aromatic N) is 1. The number of hydrogen-bond donors (Lipinski definition) is 2. The molecule has 0 aliphatic heterocycles. The highest BCUT2D eigenvalue weighted by Crippen LogP contribution is 2.31. The van der Waals surface area contributed by atoms with Crippen molar-refractivity contribution in [1.82, 2.24) is 15.3 Å². The van der Waals surface area contributed by atoms with Crippen molar-refractivity contribution in [3.05, 3.63) is 45.8 Å². The van der Waals surface area contributed by atoms with E-state index < -0.39 is 0 Å². The van der Waals surface area contributed by atoms with E-state index >= 15 is 0 Å². The molecule has 26 heavy (non-hydrogen) atoms. The van der Waals surface area contributed by atoms with Crippen LogP contribution in [0.5, 0.6) is 0 Å². The fourth-order valence-corrected chi connectivity index (χ4v) is 4.09. The fourth-order valence-electron chi connectivity index (χ4n) is 2.43. The molecule has 3 aromatic rings. The van der Waals surface area contributed by atoms with Crippen LogP contribution < -0.4 is 10.9 Å². The summed E-state index contributed by atoms with van der Waals surface area (Å²) in [7, 11) is 0. The number of thioether (sulfide) groups is 1. The molecule has 3 rings (SSSR count). The first-order valence-corrected chi connectivity index (χ1v) is 9.81. The van der Waals surface area contributed by atoms with Crippen LogP contribution in [0.1, 0.15) is 20.8 Å². The molecule has 2 heterocycles. The van der Waals surface area contributed by atoms with Gasteiger partial charge in [0.1, 0.15) is 10.6 Å². The maximum atomic E-state index is 13.1. The number of nitrogens with one attached hydrogen (secondary N) is 2. The number of aromatic amines is 1. The first-order chi connectivity index (χ1) is 12.2. The van der Waals surface area contributed by atoms with Crippen LogP contribution in [0.15, 0.2) is 39.6 Å². The van der Waals surface area contributed by atoms with Crippen LogP contribution in [-0.2, 0) is 4.79 Å². The van der Waals surface area contributed by atoms with Crippen molar-refractivity contribution in [2.24, 2.45) is 0 Å². The highest BCUT2D eigenvalue weighted by molar-refractivity contribution is 7.99. The molecule has 1 aromatic carbocycles. The minimum Gasteiger partial charge on any atom is -0.351 e. The van der Waals surface area contributed by atoms with Crippen molar-refractivity contribution in [1.29, 1.82) is 0 Å². The van der Waals surface area contributed by atoms with Crippen molar-refractivity contribution in [2.75, 3.05) is 5.75 Å². The third kappa shape index (κ3) is 4.31. The van der Waals surface area contributed by atoms with Gasteiger partial charge >= 0.3 is 0 Å². The molecule has 2 aromatic heterocycles. The SMILES string of the molecule is CC(C)(C)NC(=O)CSc1nc2scc(-c3ccc(F)cc3)c2c(=O)[nH]1. The zero-order valence-corrected chi connectivity index (χ0v) is 16.2. The predicted molar refractivity (Wildman–Crippen MR) is 104 cm³/mol. The summed E-state index contributed by atoms with van der Waals surface area (Å²) >= 11 is 2.53. The van der Waals surface area contributed by atoms with E-state index in [0.717, 1.165) is 11.1 Å². The van der Waals surface area contributed by atoms with E-state index in [9.17, 15) is 14.0 Å². The molecule has 0 aliphatic rings. The number of rotatable bonds is 4. The van der Waals surface area contributed by atoms with Crippen molar-refractivity contribution in [2.45, 2.75) is 31.5 Å². The second kappa shape index (κ2) is 7.20. The average molecular weight is 391 g/mol. The zero-order chi connectivity index (χ0) is 18.9. The van der Waals surface area contributed by atoms with Crippen LogP contribution in [0.4, 0.5) is 4.39 Å². The van der Waals surface area contributed by atoms with Gasteiger partial charge in [-0.15, -0.1) is 11.3 Å². The topological polar surface area (TPSA) is 74.8 Å². The molecule has 0 atom stereocenters. The maximum absolute atomic E-state index is 13.1. The lowest BCUT2D eigenvalue weighted by atomic mass is 10.1. The highest BCUT2D eigenvalue weighted by atomic mass is 32.2. The quantitative estimate of drug-likeness (QED) is 0.524. The Morgan fingerprint density at radius 1 is 1.31 bits per heavy atom. The molecule has 2 N–H and O–H groups in total. The summed E-state index contributed by atoms with van der Waals surface area (Å²) in [6, 6.07) is 5.99. The summed E-state index contributed by atoms with van der Waals surface area (Å²) < 4.78 is 13.1. The van der Waals surface area contributed by atoms with Gasteiger partial charge in [0, 0.05) is 16.5 Å². The minimum atomic E-state index is -0.326. The molecule has 0 saturated carbocycles. The molecule has 8 heteroatoms. The van der Waals surface area contributed by atoms with Crippen LogP contribution >= 0.6 is 23.1 Å². The lowest BCUT2D eigenvalue weighted by Crippen LogP contribution is -2.41. The number of H-pyrrole nitrogens is 1. The van der Waals surface area contributed by atoms with Gasteiger partial charge in [0.15, 0.2) is 5.16 Å². The van der Waals surface area contributed by atoms with Gasteiger partial charge in [-0.1, -0.05) is 23.9 Å². The number of carbonyl (C=O) groups is 1. The standard InChI is InChI=1S/C18H18FN3O2S2/c1-18(2,3)22-13(23)9-26-17-20-15(24)14-12(8-25-16(14)21-17)10-4-6-11(19)7-5-10/h4-8H,9H2,1-3H3,(H,22,23)(H,20,21,24). The lowest BCUT2D eigenvalue weighted by molar-refractivity contribution is -0.119. The van der Waals surface area contributed by atoms with E-state index in [4.69, 9.17) is 0 Å². The predicted octanol–water partition coefficient (Wildman–Crippen LogP) is 3.80. The summed E-state index contributed by atoms with van der Waals surface area (Å²) in [4.78, 5) is 32.2. The number of benzene rings is 1.